The Bertz CT molecular complexity index is 997. The summed E-state index contributed by atoms with van der Waals surface area (Å²) < 4.78 is 5.88. The second-order valence-electron chi connectivity index (χ2n) is 8.26. The highest BCUT2D eigenvalue weighted by Gasteiger charge is 2.19. The van der Waals surface area contributed by atoms with Crippen LogP contribution >= 0.6 is 0 Å². The molecule has 0 bridgehead atoms. The molecule has 0 radical (unpaired) electrons. The summed E-state index contributed by atoms with van der Waals surface area (Å²) in [5.41, 5.74) is 2.58. The number of rotatable bonds is 7. The SMILES string of the molecule is CN(Cc1ccccc1NC(=O)c1cccc(Oc2ccccc2)c1)C1CCCCC1. The molecular formula is C27H30N2O2. The smallest absolute Gasteiger partial charge is 0.255 e. The number of amides is 1. The van der Waals surface area contributed by atoms with Crippen LogP contribution < -0.4 is 10.1 Å². The molecule has 1 aliphatic rings. The summed E-state index contributed by atoms with van der Waals surface area (Å²) in [7, 11) is 2.19. The maximum atomic E-state index is 13.0. The fourth-order valence-corrected chi connectivity index (χ4v) is 4.22. The van der Waals surface area contributed by atoms with Crippen LogP contribution in [0.25, 0.3) is 0 Å². The van der Waals surface area contributed by atoms with Gasteiger partial charge in [0.25, 0.3) is 5.91 Å². The Kier molecular flexibility index (Phi) is 7.00. The van der Waals surface area contributed by atoms with E-state index < -0.39 is 0 Å². The van der Waals surface area contributed by atoms with Crippen molar-refractivity contribution < 1.29 is 9.53 Å². The number of para-hydroxylation sites is 2. The molecule has 1 fully saturated rings. The lowest BCUT2D eigenvalue weighted by Crippen LogP contribution is -2.33. The molecule has 0 heterocycles. The summed E-state index contributed by atoms with van der Waals surface area (Å²) in [4.78, 5) is 15.4. The van der Waals surface area contributed by atoms with E-state index in [2.05, 4.69) is 23.3 Å². The summed E-state index contributed by atoms with van der Waals surface area (Å²) in [6, 6.07) is 25.6. The third kappa shape index (κ3) is 5.74. The molecule has 0 saturated heterocycles. The molecule has 1 amide bonds. The first-order chi connectivity index (χ1) is 15.2. The van der Waals surface area contributed by atoms with Crippen LogP contribution in [-0.4, -0.2) is 23.9 Å². The Morgan fingerprint density at radius 1 is 0.903 bits per heavy atom. The fourth-order valence-electron chi connectivity index (χ4n) is 4.22. The average Bonchev–Trinajstić information content (AvgIpc) is 2.82. The summed E-state index contributed by atoms with van der Waals surface area (Å²) in [5, 5.41) is 3.11. The molecule has 1 N–H and O–H groups in total. The number of hydrogen-bond donors (Lipinski definition) is 1. The molecule has 4 rings (SSSR count). The van der Waals surface area contributed by atoms with E-state index in [1.165, 1.54) is 32.1 Å². The molecule has 0 unspecified atom stereocenters. The van der Waals surface area contributed by atoms with Crippen LogP contribution in [-0.2, 0) is 6.54 Å². The van der Waals surface area contributed by atoms with Gasteiger partial charge in [0.1, 0.15) is 11.5 Å². The van der Waals surface area contributed by atoms with E-state index in [1.807, 2.05) is 66.7 Å². The van der Waals surface area contributed by atoms with Gasteiger partial charge in [-0.05, 0) is 61.9 Å². The molecule has 4 heteroatoms. The highest BCUT2D eigenvalue weighted by molar-refractivity contribution is 6.04. The van der Waals surface area contributed by atoms with Crippen molar-refractivity contribution in [3.05, 3.63) is 90.0 Å². The number of carbonyl (C=O) groups is 1. The van der Waals surface area contributed by atoms with Crippen molar-refractivity contribution in [2.45, 2.75) is 44.7 Å². The van der Waals surface area contributed by atoms with Gasteiger partial charge < -0.3 is 10.1 Å². The van der Waals surface area contributed by atoms with E-state index in [0.717, 1.165) is 23.5 Å². The Balaban J connectivity index is 1.44. The number of ether oxygens (including phenoxy) is 1. The van der Waals surface area contributed by atoms with E-state index in [0.29, 0.717) is 17.4 Å². The van der Waals surface area contributed by atoms with E-state index in [-0.39, 0.29) is 5.91 Å². The first kappa shape index (κ1) is 21.1. The first-order valence-corrected chi connectivity index (χ1v) is 11.1. The van der Waals surface area contributed by atoms with E-state index in [1.54, 1.807) is 6.07 Å². The minimum Gasteiger partial charge on any atom is -0.457 e. The Morgan fingerprint density at radius 2 is 1.61 bits per heavy atom. The van der Waals surface area contributed by atoms with Gasteiger partial charge in [0, 0.05) is 23.8 Å². The van der Waals surface area contributed by atoms with E-state index in [4.69, 9.17) is 4.74 Å². The van der Waals surface area contributed by atoms with Gasteiger partial charge in [0.15, 0.2) is 0 Å². The van der Waals surface area contributed by atoms with Gasteiger partial charge in [-0.25, -0.2) is 0 Å². The van der Waals surface area contributed by atoms with Crippen LogP contribution in [0.1, 0.15) is 48.0 Å². The van der Waals surface area contributed by atoms with Gasteiger partial charge in [-0.15, -0.1) is 0 Å². The zero-order chi connectivity index (χ0) is 21.5. The number of carbonyl (C=O) groups excluding carboxylic acids is 1. The molecule has 160 valence electrons. The molecule has 1 aliphatic carbocycles. The van der Waals surface area contributed by atoms with Gasteiger partial charge in [0.05, 0.1) is 0 Å². The zero-order valence-corrected chi connectivity index (χ0v) is 18.1. The highest BCUT2D eigenvalue weighted by atomic mass is 16.5. The van der Waals surface area contributed by atoms with Gasteiger partial charge in [-0.2, -0.15) is 0 Å². The lowest BCUT2D eigenvalue weighted by molar-refractivity contribution is 0.102. The lowest BCUT2D eigenvalue weighted by Gasteiger charge is -2.31. The van der Waals surface area contributed by atoms with Crippen molar-refractivity contribution in [2.24, 2.45) is 0 Å². The number of anilines is 1. The summed E-state index contributed by atoms with van der Waals surface area (Å²) in [5.74, 6) is 1.26. The molecule has 0 atom stereocenters. The molecule has 1 saturated carbocycles. The quantitative estimate of drug-likeness (QED) is 0.480. The van der Waals surface area contributed by atoms with E-state index >= 15 is 0 Å². The van der Waals surface area contributed by atoms with Crippen LogP contribution in [0.5, 0.6) is 11.5 Å². The molecule has 0 spiro atoms. The number of benzene rings is 3. The minimum absolute atomic E-state index is 0.133. The number of nitrogens with zero attached hydrogens (tertiary/aromatic N) is 1. The molecule has 3 aromatic rings. The van der Waals surface area contributed by atoms with Crippen LogP contribution in [0.3, 0.4) is 0 Å². The van der Waals surface area contributed by atoms with E-state index in [9.17, 15) is 4.79 Å². The molecule has 0 aromatic heterocycles. The van der Waals surface area contributed by atoms with Gasteiger partial charge in [0.2, 0.25) is 0 Å². The lowest BCUT2D eigenvalue weighted by atomic mass is 9.94. The van der Waals surface area contributed by atoms with Crippen LogP contribution in [0, 0.1) is 0 Å². The second kappa shape index (κ2) is 10.3. The molecule has 31 heavy (non-hydrogen) atoms. The summed E-state index contributed by atoms with van der Waals surface area (Å²) in [6.07, 6.45) is 6.51. The average molecular weight is 415 g/mol. The Hall–Kier alpha value is -3.11. The van der Waals surface area contributed by atoms with Crippen LogP contribution in [0.4, 0.5) is 5.69 Å². The van der Waals surface area contributed by atoms with Crippen LogP contribution in [0.15, 0.2) is 78.9 Å². The van der Waals surface area contributed by atoms with Gasteiger partial charge in [-0.3, -0.25) is 9.69 Å². The van der Waals surface area contributed by atoms with Crippen molar-refractivity contribution in [3.8, 4) is 11.5 Å². The number of hydrogen-bond acceptors (Lipinski definition) is 3. The highest BCUT2D eigenvalue weighted by Crippen LogP contribution is 2.26. The first-order valence-electron chi connectivity index (χ1n) is 11.1. The van der Waals surface area contributed by atoms with Crippen molar-refractivity contribution in [2.75, 3.05) is 12.4 Å². The Labute approximate surface area is 184 Å². The third-order valence-electron chi connectivity index (χ3n) is 5.96. The van der Waals surface area contributed by atoms with Crippen molar-refractivity contribution in [1.82, 2.24) is 4.90 Å². The Morgan fingerprint density at radius 3 is 2.42 bits per heavy atom. The second-order valence-corrected chi connectivity index (χ2v) is 8.26. The largest absolute Gasteiger partial charge is 0.457 e. The normalized spacial score (nSPS) is 14.4. The van der Waals surface area contributed by atoms with Crippen molar-refractivity contribution >= 4 is 11.6 Å². The third-order valence-corrected chi connectivity index (χ3v) is 5.96. The monoisotopic (exact) mass is 414 g/mol. The zero-order valence-electron chi connectivity index (χ0n) is 18.1. The maximum Gasteiger partial charge on any atom is 0.255 e. The predicted octanol–water partition coefficient (Wildman–Crippen LogP) is 6.50. The topological polar surface area (TPSA) is 41.6 Å². The molecule has 3 aromatic carbocycles. The van der Waals surface area contributed by atoms with Crippen molar-refractivity contribution in [1.29, 1.82) is 0 Å². The van der Waals surface area contributed by atoms with Crippen molar-refractivity contribution in [3.63, 3.8) is 0 Å². The maximum absolute atomic E-state index is 13.0. The standard InChI is InChI=1S/C27H30N2O2/c1-29(23-13-4-2-5-14-23)20-22-11-8-9-18-26(22)28-27(30)21-12-10-17-25(19-21)31-24-15-6-3-7-16-24/h3,6-12,15-19,23H,2,4-5,13-14,20H2,1H3,(H,28,30). The molecule has 0 aliphatic heterocycles. The summed E-state index contributed by atoms with van der Waals surface area (Å²) >= 11 is 0. The molecule has 4 nitrogen and oxygen atoms in total. The fraction of sp³-hybridized carbons (Fsp3) is 0.296. The molecular weight excluding hydrogens is 384 g/mol. The number of nitrogens with one attached hydrogen (secondary N) is 1. The van der Waals surface area contributed by atoms with Gasteiger partial charge >= 0.3 is 0 Å². The minimum atomic E-state index is -0.133. The predicted molar refractivity (Wildman–Crippen MR) is 126 cm³/mol. The summed E-state index contributed by atoms with van der Waals surface area (Å²) in [6.45, 7) is 0.832. The van der Waals surface area contributed by atoms with Gasteiger partial charge in [-0.1, -0.05) is 61.7 Å². The van der Waals surface area contributed by atoms with Crippen LogP contribution in [0.2, 0.25) is 0 Å².